The van der Waals surface area contributed by atoms with E-state index in [0.717, 1.165) is 12.0 Å². The average molecular weight is 316 g/mol. The molecule has 5 nitrogen and oxygen atoms in total. The van der Waals surface area contributed by atoms with Crippen LogP contribution in [0, 0.1) is 0 Å². The van der Waals surface area contributed by atoms with Crippen LogP contribution in [-0.2, 0) is 17.6 Å². The molecule has 2 heterocycles. The minimum atomic E-state index is -0.460. The Hall–Kier alpha value is -2.34. The van der Waals surface area contributed by atoms with Crippen molar-refractivity contribution in [3.8, 4) is 0 Å². The number of aromatic nitrogens is 1. The summed E-state index contributed by atoms with van der Waals surface area (Å²) in [7, 11) is 0. The number of rotatable bonds is 6. The van der Waals surface area contributed by atoms with Crippen LogP contribution in [0.4, 0.5) is 0 Å². The third-order valence-electron chi connectivity index (χ3n) is 3.40. The first-order chi connectivity index (χ1) is 10.7. The Balaban J connectivity index is 1.48. The van der Waals surface area contributed by atoms with E-state index >= 15 is 0 Å². The summed E-state index contributed by atoms with van der Waals surface area (Å²) in [6.45, 7) is 0.660. The van der Waals surface area contributed by atoms with Crippen LogP contribution in [0.25, 0.3) is 11.1 Å². The van der Waals surface area contributed by atoms with Gasteiger partial charge in [-0.05, 0) is 42.0 Å². The quantitative estimate of drug-likeness (QED) is 0.733. The minimum absolute atomic E-state index is 0.0392. The molecule has 0 atom stereocenters. The van der Waals surface area contributed by atoms with E-state index in [1.54, 1.807) is 17.4 Å². The van der Waals surface area contributed by atoms with Crippen LogP contribution in [-0.4, -0.2) is 17.4 Å². The van der Waals surface area contributed by atoms with E-state index in [0.29, 0.717) is 30.5 Å². The van der Waals surface area contributed by atoms with Crippen molar-refractivity contribution >= 4 is 28.3 Å². The number of thiophene rings is 1. The van der Waals surface area contributed by atoms with Crippen LogP contribution in [0.3, 0.4) is 0 Å². The molecular formula is C16H16N2O3S. The SMILES string of the molecule is O=C(CCc1ccc2oc(=O)[nH]c2c1)NCCc1cccs1. The van der Waals surface area contributed by atoms with Crippen LogP contribution in [0.2, 0.25) is 0 Å². The first-order valence-corrected chi connectivity index (χ1v) is 7.99. The lowest BCUT2D eigenvalue weighted by Gasteiger charge is -2.04. The lowest BCUT2D eigenvalue weighted by Crippen LogP contribution is -2.25. The summed E-state index contributed by atoms with van der Waals surface area (Å²) in [5.41, 5.74) is 2.20. The molecule has 0 unspecified atom stereocenters. The molecule has 1 amide bonds. The van der Waals surface area contributed by atoms with Crippen molar-refractivity contribution in [1.29, 1.82) is 0 Å². The highest BCUT2D eigenvalue weighted by molar-refractivity contribution is 7.09. The third-order valence-corrected chi connectivity index (χ3v) is 4.33. The van der Waals surface area contributed by atoms with E-state index in [2.05, 4.69) is 16.4 Å². The Morgan fingerprint density at radius 2 is 2.18 bits per heavy atom. The molecule has 0 bridgehead atoms. The Kier molecular flexibility index (Phi) is 4.39. The second kappa shape index (κ2) is 6.62. The maximum Gasteiger partial charge on any atom is 0.417 e. The largest absolute Gasteiger partial charge is 0.417 e. The predicted molar refractivity (Wildman–Crippen MR) is 86.2 cm³/mol. The summed E-state index contributed by atoms with van der Waals surface area (Å²) in [6, 6.07) is 9.55. The van der Waals surface area contributed by atoms with Gasteiger partial charge in [0.1, 0.15) is 0 Å². The smallest absolute Gasteiger partial charge is 0.408 e. The first-order valence-electron chi connectivity index (χ1n) is 7.11. The van der Waals surface area contributed by atoms with Crippen molar-refractivity contribution in [3.63, 3.8) is 0 Å². The number of oxazole rings is 1. The van der Waals surface area contributed by atoms with Crippen LogP contribution in [0.1, 0.15) is 16.9 Å². The van der Waals surface area contributed by atoms with Gasteiger partial charge in [0.15, 0.2) is 5.58 Å². The number of amides is 1. The fraction of sp³-hybridized carbons (Fsp3) is 0.250. The third kappa shape index (κ3) is 3.65. The maximum absolute atomic E-state index is 11.8. The lowest BCUT2D eigenvalue weighted by atomic mass is 10.1. The van der Waals surface area contributed by atoms with Gasteiger partial charge in [-0.3, -0.25) is 9.78 Å². The highest BCUT2D eigenvalue weighted by atomic mass is 32.1. The summed E-state index contributed by atoms with van der Waals surface area (Å²) in [5.74, 6) is -0.421. The lowest BCUT2D eigenvalue weighted by molar-refractivity contribution is -0.121. The number of hydrogen-bond acceptors (Lipinski definition) is 4. The molecule has 0 aliphatic rings. The number of carbonyl (C=O) groups excluding carboxylic acids is 1. The molecule has 1 aromatic carbocycles. The van der Waals surface area contributed by atoms with Gasteiger partial charge in [-0.15, -0.1) is 11.3 Å². The molecule has 0 fully saturated rings. The number of aryl methyl sites for hydroxylation is 1. The first kappa shape index (κ1) is 14.6. The molecule has 0 aliphatic heterocycles. The summed E-state index contributed by atoms with van der Waals surface area (Å²) >= 11 is 1.70. The maximum atomic E-state index is 11.8. The number of benzene rings is 1. The predicted octanol–water partition coefficient (Wildman–Crippen LogP) is 2.47. The molecule has 0 radical (unpaired) electrons. The summed E-state index contributed by atoms with van der Waals surface area (Å²) in [6.07, 6.45) is 1.93. The Morgan fingerprint density at radius 3 is 3.00 bits per heavy atom. The molecular weight excluding hydrogens is 300 g/mol. The molecule has 0 spiro atoms. The fourth-order valence-electron chi connectivity index (χ4n) is 2.28. The zero-order valence-corrected chi connectivity index (χ0v) is 12.7. The Labute approximate surface area is 131 Å². The van der Waals surface area contributed by atoms with Crippen LogP contribution < -0.4 is 11.1 Å². The van der Waals surface area contributed by atoms with Gasteiger partial charge in [0.05, 0.1) is 5.52 Å². The van der Waals surface area contributed by atoms with Crippen LogP contribution in [0.5, 0.6) is 0 Å². The van der Waals surface area contributed by atoms with Crippen LogP contribution in [0.15, 0.2) is 44.9 Å². The summed E-state index contributed by atoms with van der Waals surface area (Å²) < 4.78 is 4.95. The van der Waals surface area contributed by atoms with Gasteiger partial charge in [-0.2, -0.15) is 0 Å². The van der Waals surface area contributed by atoms with E-state index in [-0.39, 0.29) is 5.91 Å². The van der Waals surface area contributed by atoms with Crippen molar-refractivity contribution in [2.45, 2.75) is 19.3 Å². The number of carbonyl (C=O) groups is 1. The second-order valence-electron chi connectivity index (χ2n) is 5.02. The fourth-order valence-corrected chi connectivity index (χ4v) is 2.99. The molecule has 0 aliphatic carbocycles. The molecule has 114 valence electrons. The number of hydrogen-bond donors (Lipinski definition) is 2. The van der Waals surface area contributed by atoms with Crippen molar-refractivity contribution in [2.24, 2.45) is 0 Å². The van der Waals surface area contributed by atoms with Crippen molar-refractivity contribution in [2.75, 3.05) is 6.54 Å². The van der Waals surface area contributed by atoms with Gasteiger partial charge in [0.25, 0.3) is 0 Å². The van der Waals surface area contributed by atoms with E-state index in [9.17, 15) is 9.59 Å². The van der Waals surface area contributed by atoms with E-state index in [1.807, 2.05) is 23.6 Å². The van der Waals surface area contributed by atoms with Gasteiger partial charge in [0, 0.05) is 17.8 Å². The Bertz CT molecular complexity index is 817. The molecule has 2 aromatic heterocycles. The molecule has 6 heteroatoms. The van der Waals surface area contributed by atoms with Gasteiger partial charge < -0.3 is 9.73 Å². The summed E-state index contributed by atoms with van der Waals surface area (Å²) in [4.78, 5) is 26.8. The van der Waals surface area contributed by atoms with Gasteiger partial charge >= 0.3 is 5.76 Å². The molecule has 2 N–H and O–H groups in total. The van der Waals surface area contributed by atoms with Crippen molar-refractivity contribution in [3.05, 3.63) is 56.7 Å². The van der Waals surface area contributed by atoms with E-state index < -0.39 is 5.76 Å². The Morgan fingerprint density at radius 1 is 1.27 bits per heavy atom. The van der Waals surface area contributed by atoms with Crippen molar-refractivity contribution in [1.82, 2.24) is 10.3 Å². The highest BCUT2D eigenvalue weighted by Crippen LogP contribution is 2.13. The summed E-state index contributed by atoms with van der Waals surface area (Å²) in [5, 5.41) is 4.96. The van der Waals surface area contributed by atoms with E-state index in [1.165, 1.54) is 4.88 Å². The zero-order chi connectivity index (χ0) is 15.4. The number of nitrogens with one attached hydrogen (secondary N) is 2. The zero-order valence-electron chi connectivity index (χ0n) is 11.9. The number of aromatic amines is 1. The molecule has 0 saturated carbocycles. The monoisotopic (exact) mass is 316 g/mol. The molecule has 3 rings (SSSR count). The van der Waals surface area contributed by atoms with Gasteiger partial charge in [-0.1, -0.05) is 12.1 Å². The van der Waals surface area contributed by atoms with Gasteiger partial charge in [-0.25, -0.2) is 4.79 Å². The highest BCUT2D eigenvalue weighted by Gasteiger charge is 2.05. The number of H-pyrrole nitrogens is 1. The second-order valence-corrected chi connectivity index (χ2v) is 6.06. The normalized spacial score (nSPS) is 10.9. The topological polar surface area (TPSA) is 75.1 Å². The van der Waals surface area contributed by atoms with Crippen molar-refractivity contribution < 1.29 is 9.21 Å². The minimum Gasteiger partial charge on any atom is -0.408 e. The molecule has 0 saturated heterocycles. The standard InChI is InChI=1S/C16H16N2O3S/c19-15(17-8-7-12-2-1-9-22-12)6-4-11-3-5-14-13(10-11)18-16(20)21-14/h1-3,5,9-10H,4,6-8H2,(H,17,19)(H,18,20). The van der Waals surface area contributed by atoms with Gasteiger partial charge in [0.2, 0.25) is 5.91 Å². The molecule has 3 aromatic rings. The van der Waals surface area contributed by atoms with Crippen LogP contribution >= 0.6 is 11.3 Å². The average Bonchev–Trinajstić information content (AvgIpc) is 3.12. The molecule has 22 heavy (non-hydrogen) atoms. The van der Waals surface area contributed by atoms with E-state index in [4.69, 9.17) is 4.42 Å². The number of fused-ring (bicyclic) bond motifs is 1.